The number of aliphatic hydroxyl groups is 1. The van der Waals surface area contributed by atoms with Gasteiger partial charge in [0.1, 0.15) is 5.60 Å². The molecule has 37 heavy (non-hydrogen) atoms. The molecule has 1 saturated heterocycles. The molecule has 1 aliphatic heterocycles. The number of hydrogen-bond donors (Lipinski definition) is 2. The minimum absolute atomic E-state index is 0.00341. The second-order valence-electron chi connectivity index (χ2n) is 12.1. The Bertz CT molecular complexity index is 977. The van der Waals surface area contributed by atoms with E-state index >= 15 is 0 Å². The van der Waals surface area contributed by atoms with Crippen molar-refractivity contribution in [2.75, 3.05) is 32.8 Å². The third-order valence-electron chi connectivity index (χ3n) is 6.99. The summed E-state index contributed by atoms with van der Waals surface area (Å²) >= 11 is 0. The van der Waals surface area contributed by atoms with Crippen LogP contribution in [-0.4, -0.2) is 60.5 Å². The first kappa shape index (κ1) is 29.0. The number of hydrogen-bond acceptors (Lipinski definition) is 5. The van der Waals surface area contributed by atoms with Gasteiger partial charge < -0.3 is 24.8 Å². The van der Waals surface area contributed by atoms with E-state index in [0.29, 0.717) is 45.5 Å². The molecule has 2 amide bonds. The van der Waals surface area contributed by atoms with Crippen molar-refractivity contribution < 1.29 is 28.6 Å². The SMILES string of the molecule is CC(C)(CO)CNC(=O)C1CC=C(c2ccc(OCC3CCN(C(=O)OC(C)(C)C)CC3)c(F)c2)CC1. The van der Waals surface area contributed by atoms with E-state index in [1.165, 1.54) is 6.07 Å². The van der Waals surface area contributed by atoms with Crippen molar-refractivity contribution in [1.82, 2.24) is 10.2 Å². The van der Waals surface area contributed by atoms with E-state index in [1.54, 1.807) is 11.0 Å². The second kappa shape index (κ2) is 12.3. The van der Waals surface area contributed by atoms with Gasteiger partial charge in [-0.05, 0) is 82.1 Å². The fourth-order valence-electron chi connectivity index (χ4n) is 4.50. The Hall–Kier alpha value is -2.61. The lowest BCUT2D eigenvalue weighted by molar-refractivity contribution is -0.125. The second-order valence-corrected chi connectivity index (χ2v) is 12.1. The van der Waals surface area contributed by atoms with E-state index in [0.717, 1.165) is 24.0 Å². The number of carbonyl (C=O) groups excluding carboxylic acids is 2. The molecule has 0 bridgehead atoms. The van der Waals surface area contributed by atoms with Crippen molar-refractivity contribution in [3.05, 3.63) is 35.7 Å². The summed E-state index contributed by atoms with van der Waals surface area (Å²) in [5.41, 5.74) is 1.00. The van der Waals surface area contributed by atoms with Gasteiger partial charge in [-0.15, -0.1) is 0 Å². The van der Waals surface area contributed by atoms with Gasteiger partial charge >= 0.3 is 6.09 Å². The van der Waals surface area contributed by atoms with Gasteiger partial charge in [0.05, 0.1) is 6.61 Å². The molecule has 7 nitrogen and oxygen atoms in total. The maximum Gasteiger partial charge on any atom is 0.410 e. The lowest BCUT2D eigenvalue weighted by Crippen LogP contribution is -2.42. The standard InChI is InChI=1S/C29H43FN2O5/c1-28(2,3)37-27(35)32-14-12-20(13-15-32)17-36-25-11-10-23(16-24(25)30)21-6-8-22(9-7-21)26(34)31-18-29(4,5)19-33/h6,10-11,16,20,22,33H,7-9,12-15,17-19H2,1-5H3,(H,31,34). The lowest BCUT2D eigenvalue weighted by Gasteiger charge is -2.33. The van der Waals surface area contributed by atoms with E-state index in [2.05, 4.69) is 5.32 Å². The van der Waals surface area contributed by atoms with Gasteiger partial charge in [0, 0.05) is 37.6 Å². The topological polar surface area (TPSA) is 88.1 Å². The Morgan fingerprint density at radius 1 is 1.14 bits per heavy atom. The van der Waals surface area contributed by atoms with Crippen LogP contribution >= 0.6 is 0 Å². The number of amides is 2. The minimum Gasteiger partial charge on any atom is -0.490 e. The summed E-state index contributed by atoms with van der Waals surface area (Å²) in [6.07, 6.45) is 5.34. The molecule has 1 aliphatic carbocycles. The van der Waals surface area contributed by atoms with Crippen molar-refractivity contribution in [2.24, 2.45) is 17.3 Å². The Labute approximate surface area is 220 Å². The largest absolute Gasteiger partial charge is 0.490 e. The molecule has 1 aromatic carbocycles. The van der Waals surface area contributed by atoms with Crippen LogP contribution < -0.4 is 10.1 Å². The molecule has 2 N–H and O–H groups in total. The number of piperidine rings is 1. The molecule has 0 saturated carbocycles. The molecule has 0 aromatic heterocycles. The Kier molecular flexibility index (Phi) is 9.62. The number of allylic oxidation sites excluding steroid dienone is 2. The quantitative estimate of drug-likeness (QED) is 0.496. The highest BCUT2D eigenvalue weighted by molar-refractivity contribution is 5.80. The van der Waals surface area contributed by atoms with Crippen LogP contribution in [0.1, 0.15) is 72.3 Å². The van der Waals surface area contributed by atoms with Gasteiger partial charge in [-0.3, -0.25) is 4.79 Å². The van der Waals surface area contributed by atoms with Crippen LogP contribution in [-0.2, 0) is 9.53 Å². The number of rotatable bonds is 8. The predicted octanol–water partition coefficient (Wildman–Crippen LogP) is 5.17. The van der Waals surface area contributed by atoms with Crippen LogP contribution in [0.2, 0.25) is 0 Å². The molecular formula is C29H43FN2O5. The van der Waals surface area contributed by atoms with Gasteiger partial charge in [0.15, 0.2) is 11.6 Å². The first-order valence-corrected chi connectivity index (χ1v) is 13.3. The summed E-state index contributed by atoms with van der Waals surface area (Å²) in [6.45, 7) is 11.5. The smallest absolute Gasteiger partial charge is 0.410 e. The number of nitrogens with one attached hydrogen (secondary N) is 1. The molecule has 206 valence electrons. The first-order chi connectivity index (χ1) is 17.4. The van der Waals surface area contributed by atoms with Crippen molar-refractivity contribution in [1.29, 1.82) is 0 Å². The minimum atomic E-state index is -0.511. The third kappa shape index (κ3) is 8.73. The summed E-state index contributed by atoms with van der Waals surface area (Å²) in [5.74, 6) is -0.00450. The van der Waals surface area contributed by atoms with Gasteiger partial charge in [-0.2, -0.15) is 0 Å². The van der Waals surface area contributed by atoms with Crippen molar-refractivity contribution in [3.63, 3.8) is 0 Å². The number of nitrogens with zero attached hydrogens (tertiary/aromatic N) is 1. The Morgan fingerprint density at radius 3 is 2.41 bits per heavy atom. The van der Waals surface area contributed by atoms with E-state index in [-0.39, 0.29) is 41.6 Å². The van der Waals surface area contributed by atoms with Crippen molar-refractivity contribution in [2.45, 2.75) is 72.3 Å². The summed E-state index contributed by atoms with van der Waals surface area (Å²) < 4.78 is 26.1. The van der Waals surface area contributed by atoms with Crippen LogP contribution in [0.5, 0.6) is 5.75 Å². The van der Waals surface area contributed by atoms with Crippen LogP contribution in [0.25, 0.3) is 5.57 Å². The number of likely N-dealkylation sites (tertiary alicyclic amines) is 1. The number of benzene rings is 1. The molecule has 2 aliphatic rings. The van der Waals surface area contributed by atoms with Crippen LogP contribution in [0.4, 0.5) is 9.18 Å². The van der Waals surface area contributed by atoms with Gasteiger partial charge in [-0.25, -0.2) is 9.18 Å². The van der Waals surface area contributed by atoms with Crippen LogP contribution in [0, 0.1) is 23.1 Å². The van der Waals surface area contributed by atoms with E-state index < -0.39 is 11.4 Å². The molecule has 3 rings (SSSR count). The molecule has 1 atom stereocenters. The zero-order valence-electron chi connectivity index (χ0n) is 22.9. The Balaban J connectivity index is 1.46. The molecule has 1 heterocycles. The van der Waals surface area contributed by atoms with E-state index in [1.807, 2.05) is 46.8 Å². The van der Waals surface area contributed by atoms with E-state index in [9.17, 15) is 19.1 Å². The molecule has 1 unspecified atom stereocenters. The summed E-state index contributed by atoms with van der Waals surface area (Å²) in [4.78, 5) is 26.4. The fourth-order valence-corrected chi connectivity index (χ4v) is 4.50. The maximum absolute atomic E-state index is 14.8. The summed E-state index contributed by atoms with van der Waals surface area (Å²) in [7, 11) is 0. The Morgan fingerprint density at radius 2 is 1.84 bits per heavy atom. The zero-order valence-corrected chi connectivity index (χ0v) is 22.9. The number of ether oxygens (including phenoxy) is 2. The molecule has 8 heteroatoms. The highest BCUT2D eigenvalue weighted by Crippen LogP contribution is 2.33. The molecule has 1 aromatic rings. The van der Waals surface area contributed by atoms with E-state index in [4.69, 9.17) is 9.47 Å². The van der Waals surface area contributed by atoms with Gasteiger partial charge in [0.25, 0.3) is 0 Å². The lowest BCUT2D eigenvalue weighted by atomic mass is 9.85. The van der Waals surface area contributed by atoms with Gasteiger partial charge in [-0.1, -0.05) is 26.0 Å². The highest BCUT2D eigenvalue weighted by atomic mass is 19.1. The predicted molar refractivity (Wildman–Crippen MR) is 142 cm³/mol. The number of halogens is 1. The summed E-state index contributed by atoms with van der Waals surface area (Å²) in [6, 6.07) is 5.06. The van der Waals surface area contributed by atoms with Gasteiger partial charge in [0.2, 0.25) is 5.91 Å². The average molecular weight is 519 g/mol. The molecule has 0 spiro atoms. The summed E-state index contributed by atoms with van der Waals surface area (Å²) in [5, 5.41) is 12.3. The molecule has 1 fully saturated rings. The molecule has 0 radical (unpaired) electrons. The fraction of sp³-hybridized carbons (Fsp3) is 0.655. The third-order valence-corrected chi connectivity index (χ3v) is 6.99. The van der Waals surface area contributed by atoms with Crippen LogP contribution in [0.15, 0.2) is 24.3 Å². The maximum atomic E-state index is 14.8. The van der Waals surface area contributed by atoms with Crippen molar-refractivity contribution >= 4 is 17.6 Å². The van der Waals surface area contributed by atoms with Crippen molar-refractivity contribution in [3.8, 4) is 5.75 Å². The van der Waals surface area contributed by atoms with Crippen LogP contribution in [0.3, 0.4) is 0 Å². The molecular weight excluding hydrogens is 475 g/mol. The normalized spacial score (nSPS) is 19.3. The average Bonchev–Trinajstić information content (AvgIpc) is 2.86. The number of carbonyl (C=O) groups is 2. The highest BCUT2D eigenvalue weighted by Gasteiger charge is 2.28. The zero-order chi connectivity index (χ0) is 27.2. The number of aliphatic hydroxyl groups excluding tert-OH is 1. The first-order valence-electron chi connectivity index (χ1n) is 13.3. The monoisotopic (exact) mass is 518 g/mol.